The molecule has 0 aliphatic heterocycles. The molecule has 0 heterocycles. The molecule has 0 fully saturated rings. The number of hydrogen-bond donors (Lipinski definition) is 1. The smallest absolute Gasteiger partial charge is 0.387 e. The summed E-state index contributed by atoms with van der Waals surface area (Å²) < 4.78 is 33.6. The van der Waals surface area contributed by atoms with Crippen LogP contribution in [0.5, 0.6) is 11.5 Å². The van der Waals surface area contributed by atoms with Gasteiger partial charge in [-0.1, -0.05) is 11.6 Å². The molecule has 0 aliphatic rings. The molecule has 2 aromatic carbocycles. The summed E-state index contributed by atoms with van der Waals surface area (Å²) in [6.45, 7) is -1.24. The van der Waals surface area contributed by atoms with Crippen LogP contribution in [0.3, 0.4) is 0 Å². The maximum atomic E-state index is 12.0. The average molecular weight is 342 g/mol. The summed E-state index contributed by atoms with van der Waals surface area (Å²) in [5.41, 5.74) is 1.30. The van der Waals surface area contributed by atoms with Crippen molar-refractivity contribution < 1.29 is 23.0 Å². The highest BCUT2D eigenvalue weighted by Gasteiger charge is 2.07. The first-order valence-electron chi connectivity index (χ1n) is 6.68. The highest BCUT2D eigenvalue weighted by atomic mass is 35.5. The lowest BCUT2D eigenvalue weighted by Gasteiger charge is -2.09. The van der Waals surface area contributed by atoms with Crippen molar-refractivity contribution in [1.29, 1.82) is 0 Å². The van der Waals surface area contributed by atoms with Crippen molar-refractivity contribution in [1.82, 2.24) is 0 Å². The molecule has 0 atom stereocenters. The molecule has 0 bridgehead atoms. The van der Waals surface area contributed by atoms with E-state index in [4.69, 9.17) is 16.3 Å². The molecule has 0 aliphatic carbocycles. The van der Waals surface area contributed by atoms with E-state index in [-0.39, 0.29) is 18.3 Å². The van der Waals surface area contributed by atoms with E-state index in [9.17, 15) is 13.6 Å². The van der Waals surface area contributed by atoms with Crippen LogP contribution in [0.2, 0.25) is 5.02 Å². The van der Waals surface area contributed by atoms with Crippen LogP contribution < -0.4 is 14.8 Å². The molecule has 0 saturated carbocycles. The van der Waals surface area contributed by atoms with Gasteiger partial charge in [-0.3, -0.25) is 4.79 Å². The molecule has 0 radical (unpaired) electrons. The van der Waals surface area contributed by atoms with Crippen molar-refractivity contribution in [2.24, 2.45) is 0 Å². The van der Waals surface area contributed by atoms with Crippen LogP contribution in [0.15, 0.2) is 42.5 Å². The van der Waals surface area contributed by atoms with E-state index in [2.05, 4.69) is 10.1 Å². The SMILES string of the molecule is Cc1cc(OCC(=O)Nc2ccc(OC(F)F)cc2)ccc1Cl. The second-order valence-electron chi connectivity index (χ2n) is 4.65. The molecular weight excluding hydrogens is 328 g/mol. The molecule has 7 heteroatoms. The second kappa shape index (κ2) is 7.78. The van der Waals surface area contributed by atoms with Crippen molar-refractivity contribution >= 4 is 23.2 Å². The number of alkyl halides is 2. The third kappa shape index (κ3) is 5.41. The van der Waals surface area contributed by atoms with Gasteiger partial charge in [-0.05, 0) is 55.0 Å². The van der Waals surface area contributed by atoms with E-state index in [1.54, 1.807) is 18.2 Å². The molecule has 4 nitrogen and oxygen atoms in total. The van der Waals surface area contributed by atoms with Crippen LogP contribution >= 0.6 is 11.6 Å². The standard InChI is InChI=1S/C16H14ClF2NO3/c1-10-8-13(6-7-14(10)17)22-9-15(21)20-11-2-4-12(5-3-11)23-16(18)19/h2-8,16H,9H2,1H3,(H,20,21). The van der Waals surface area contributed by atoms with Crippen molar-refractivity contribution in [3.63, 3.8) is 0 Å². The number of benzene rings is 2. The zero-order valence-electron chi connectivity index (χ0n) is 12.2. The fraction of sp³-hybridized carbons (Fsp3) is 0.188. The number of hydrogen-bond acceptors (Lipinski definition) is 3. The highest BCUT2D eigenvalue weighted by Crippen LogP contribution is 2.21. The molecule has 2 rings (SSSR count). The number of carbonyl (C=O) groups is 1. The van der Waals surface area contributed by atoms with Gasteiger partial charge in [-0.2, -0.15) is 8.78 Å². The van der Waals surface area contributed by atoms with Crippen LogP contribution in [0.1, 0.15) is 5.56 Å². The summed E-state index contributed by atoms with van der Waals surface area (Å²) in [6, 6.07) is 10.7. The predicted octanol–water partition coefficient (Wildman–Crippen LogP) is 4.27. The van der Waals surface area contributed by atoms with Gasteiger partial charge in [-0.25, -0.2) is 0 Å². The largest absolute Gasteiger partial charge is 0.484 e. The van der Waals surface area contributed by atoms with Gasteiger partial charge in [-0.15, -0.1) is 0 Å². The monoisotopic (exact) mass is 341 g/mol. The molecule has 1 amide bonds. The number of nitrogens with one attached hydrogen (secondary N) is 1. The highest BCUT2D eigenvalue weighted by molar-refractivity contribution is 6.31. The number of halogens is 3. The van der Waals surface area contributed by atoms with Gasteiger partial charge in [0.05, 0.1) is 0 Å². The van der Waals surface area contributed by atoms with Gasteiger partial charge in [0.25, 0.3) is 5.91 Å². The van der Waals surface area contributed by atoms with Crippen LogP contribution in [0, 0.1) is 6.92 Å². The predicted molar refractivity (Wildman–Crippen MR) is 83.4 cm³/mol. The number of ether oxygens (including phenoxy) is 2. The van der Waals surface area contributed by atoms with Gasteiger partial charge in [0.2, 0.25) is 0 Å². The third-order valence-corrected chi connectivity index (χ3v) is 3.29. The lowest BCUT2D eigenvalue weighted by molar-refractivity contribution is -0.118. The summed E-state index contributed by atoms with van der Waals surface area (Å²) in [5.74, 6) is 0.175. The Labute approximate surface area is 137 Å². The third-order valence-electron chi connectivity index (χ3n) is 2.86. The number of carbonyl (C=O) groups excluding carboxylic acids is 1. The van der Waals surface area contributed by atoms with E-state index >= 15 is 0 Å². The number of anilines is 1. The summed E-state index contributed by atoms with van der Waals surface area (Å²) in [4.78, 5) is 11.8. The van der Waals surface area contributed by atoms with Crippen molar-refractivity contribution in [3.8, 4) is 11.5 Å². The second-order valence-corrected chi connectivity index (χ2v) is 5.06. The number of aryl methyl sites for hydroxylation is 1. The summed E-state index contributed by atoms with van der Waals surface area (Å²) in [6.07, 6.45) is 0. The molecule has 0 saturated heterocycles. The lowest BCUT2D eigenvalue weighted by atomic mass is 10.2. The molecule has 0 unspecified atom stereocenters. The zero-order chi connectivity index (χ0) is 16.8. The lowest BCUT2D eigenvalue weighted by Crippen LogP contribution is -2.20. The summed E-state index contributed by atoms with van der Waals surface area (Å²) in [7, 11) is 0. The van der Waals surface area contributed by atoms with E-state index < -0.39 is 6.61 Å². The number of rotatable bonds is 6. The Kier molecular flexibility index (Phi) is 5.76. The van der Waals surface area contributed by atoms with Crippen molar-refractivity contribution in [2.45, 2.75) is 13.5 Å². The van der Waals surface area contributed by atoms with E-state index in [0.29, 0.717) is 16.5 Å². The summed E-state index contributed by atoms with van der Waals surface area (Å²) in [5, 5.41) is 3.20. The first-order chi connectivity index (χ1) is 10.9. The minimum atomic E-state index is -2.88. The van der Waals surface area contributed by atoms with Gasteiger partial charge >= 0.3 is 6.61 Å². The van der Waals surface area contributed by atoms with Crippen LogP contribution in [-0.2, 0) is 4.79 Å². The van der Waals surface area contributed by atoms with Gasteiger partial charge in [0.1, 0.15) is 11.5 Å². The first kappa shape index (κ1) is 17.0. The quantitative estimate of drug-likeness (QED) is 0.853. The van der Waals surface area contributed by atoms with Crippen LogP contribution in [0.25, 0.3) is 0 Å². The topological polar surface area (TPSA) is 47.6 Å². The van der Waals surface area contributed by atoms with Crippen molar-refractivity contribution in [3.05, 3.63) is 53.1 Å². The van der Waals surface area contributed by atoms with E-state index in [0.717, 1.165) is 5.56 Å². The maximum Gasteiger partial charge on any atom is 0.387 e. The first-order valence-corrected chi connectivity index (χ1v) is 7.05. The maximum absolute atomic E-state index is 12.0. The van der Waals surface area contributed by atoms with E-state index in [1.165, 1.54) is 24.3 Å². The fourth-order valence-corrected chi connectivity index (χ4v) is 1.89. The van der Waals surface area contributed by atoms with Crippen LogP contribution in [-0.4, -0.2) is 19.1 Å². The Morgan fingerprint density at radius 1 is 1.17 bits per heavy atom. The average Bonchev–Trinajstić information content (AvgIpc) is 2.50. The van der Waals surface area contributed by atoms with Crippen molar-refractivity contribution in [2.75, 3.05) is 11.9 Å². The Morgan fingerprint density at radius 3 is 2.43 bits per heavy atom. The normalized spacial score (nSPS) is 10.5. The van der Waals surface area contributed by atoms with Gasteiger partial charge < -0.3 is 14.8 Å². The van der Waals surface area contributed by atoms with Gasteiger partial charge in [0.15, 0.2) is 6.61 Å². The Hall–Kier alpha value is -2.34. The molecule has 122 valence electrons. The van der Waals surface area contributed by atoms with Crippen LogP contribution in [0.4, 0.5) is 14.5 Å². The van der Waals surface area contributed by atoms with Gasteiger partial charge in [0, 0.05) is 10.7 Å². The fourth-order valence-electron chi connectivity index (χ4n) is 1.77. The minimum absolute atomic E-state index is 0.0193. The molecule has 0 spiro atoms. The molecule has 2 aromatic rings. The Bertz CT molecular complexity index is 678. The minimum Gasteiger partial charge on any atom is -0.484 e. The Balaban J connectivity index is 1.85. The Morgan fingerprint density at radius 2 is 1.83 bits per heavy atom. The summed E-state index contributed by atoms with van der Waals surface area (Å²) >= 11 is 5.90. The number of amides is 1. The molecule has 0 aromatic heterocycles. The zero-order valence-corrected chi connectivity index (χ0v) is 12.9. The van der Waals surface area contributed by atoms with E-state index in [1.807, 2.05) is 6.92 Å². The molecule has 1 N–H and O–H groups in total. The molecule has 23 heavy (non-hydrogen) atoms. The molecular formula is C16H14ClF2NO3.